The average molecular weight is 283 g/mol. The Morgan fingerprint density at radius 1 is 1.50 bits per heavy atom. The van der Waals surface area contributed by atoms with Crippen molar-refractivity contribution in [2.75, 3.05) is 11.4 Å². The normalized spacial score (nSPS) is 18.2. The van der Waals surface area contributed by atoms with E-state index in [2.05, 4.69) is 4.40 Å². The molecular weight excluding hydrogens is 270 g/mol. The number of hydrogen-bond donors (Lipinski definition) is 1. The van der Waals surface area contributed by atoms with Gasteiger partial charge in [0.15, 0.2) is 0 Å². The third-order valence-electron chi connectivity index (χ3n) is 2.73. The monoisotopic (exact) mass is 283 g/mol. The zero-order valence-corrected chi connectivity index (χ0v) is 11.4. The fourth-order valence-electron chi connectivity index (χ4n) is 1.68. The molecule has 0 saturated carbocycles. The van der Waals surface area contributed by atoms with Crippen LogP contribution in [0.3, 0.4) is 0 Å². The highest BCUT2D eigenvalue weighted by Gasteiger charge is 2.25. The van der Waals surface area contributed by atoms with Gasteiger partial charge in [0, 0.05) is 12.5 Å². The van der Waals surface area contributed by atoms with E-state index in [1.54, 1.807) is 29.2 Å². The second-order valence-electron chi connectivity index (χ2n) is 4.12. The average Bonchev–Trinajstić information content (AvgIpc) is 2.33. The smallest absolute Gasteiger partial charge is 0.285 e. The summed E-state index contributed by atoms with van der Waals surface area (Å²) in [7, 11) is -3.57. The molecule has 2 N–H and O–H groups in total. The largest absolute Gasteiger partial charge is 0.393 e. The van der Waals surface area contributed by atoms with Gasteiger partial charge in [-0.15, -0.1) is 4.40 Å². The van der Waals surface area contributed by atoms with Crippen molar-refractivity contribution in [1.82, 2.24) is 0 Å². The summed E-state index contributed by atoms with van der Waals surface area (Å²) in [5, 5.41) is 0. The molecule has 0 fully saturated rings. The van der Waals surface area contributed by atoms with E-state index in [0.29, 0.717) is 17.2 Å². The second-order valence-corrected chi connectivity index (χ2v) is 6.19. The Labute approximate surface area is 111 Å². The fraction of sp³-hybridized carbons (Fsp3) is 0.273. The van der Waals surface area contributed by atoms with Crippen LogP contribution in [0.5, 0.6) is 0 Å². The number of fused-ring (bicyclic) bond motifs is 1. The number of para-hydroxylation sites is 1. The molecule has 1 aromatic carbocycles. The molecule has 0 saturated heterocycles. The van der Waals surface area contributed by atoms with Crippen molar-refractivity contribution >= 4 is 39.3 Å². The first-order chi connectivity index (χ1) is 8.42. The zero-order chi connectivity index (χ0) is 13.3. The summed E-state index contributed by atoms with van der Waals surface area (Å²) in [6.07, 6.45) is 1.31. The van der Waals surface area contributed by atoms with Gasteiger partial charge in [0.05, 0.1) is 10.7 Å². The van der Waals surface area contributed by atoms with E-state index < -0.39 is 10.0 Å². The summed E-state index contributed by atoms with van der Waals surface area (Å²) >= 11 is 4.92. The molecule has 2 rings (SSSR count). The summed E-state index contributed by atoms with van der Waals surface area (Å²) in [4.78, 5) is 2.36. The SMILES string of the molecule is CC(CN1C=NS(=O)(=O)c2ccccc21)C(N)=S. The molecule has 0 aromatic heterocycles. The van der Waals surface area contributed by atoms with E-state index in [1.807, 2.05) is 6.92 Å². The first kappa shape index (κ1) is 13.0. The summed E-state index contributed by atoms with van der Waals surface area (Å²) < 4.78 is 27.1. The Balaban J connectivity index is 2.39. The molecule has 18 heavy (non-hydrogen) atoms. The quantitative estimate of drug-likeness (QED) is 0.842. The lowest BCUT2D eigenvalue weighted by Crippen LogP contribution is -2.35. The third kappa shape index (κ3) is 2.37. The number of anilines is 1. The van der Waals surface area contributed by atoms with Gasteiger partial charge in [0.25, 0.3) is 10.0 Å². The Morgan fingerprint density at radius 3 is 2.83 bits per heavy atom. The maximum atomic E-state index is 11.8. The van der Waals surface area contributed by atoms with Gasteiger partial charge in [-0.25, -0.2) is 0 Å². The first-order valence-corrected chi connectivity index (χ1v) is 7.22. The van der Waals surface area contributed by atoms with Crippen molar-refractivity contribution in [2.24, 2.45) is 16.0 Å². The van der Waals surface area contributed by atoms with E-state index in [0.717, 1.165) is 0 Å². The molecule has 1 atom stereocenters. The molecule has 96 valence electrons. The number of benzene rings is 1. The predicted octanol–water partition coefficient (Wildman–Crippen LogP) is 1.15. The number of thiocarbonyl (C=S) groups is 1. The van der Waals surface area contributed by atoms with Crippen LogP contribution in [-0.4, -0.2) is 26.3 Å². The molecule has 1 heterocycles. The molecule has 0 spiro atoms. The van der Waals surface area contributed by atoms with Crippen LogP contribution in [0.2, 0.25) is 0 Å². The lowest BCUT2D eigenvalue weighted by molar-refractivity contribution is 0.596. The lowest BCUT2D eigenvalue weighted by atomic mass is 10.1. The minimum absolute atomic E-state index is 0.0275. The Hall–Kier alpha value is -1.47. The lowest BCUT2D eigenvalue weighted by Gasteiger charge is -2.27. The van der Waals surface area contributed by atoms with Crippen LogP contribution in [0.4, 0.5) is 5.69 Å². The second kappa shape index (κ2) is 4.66. The van der Waals surface area contributed by atoms with E-state index in [4.69, 9.17) is 18.0 Å². The van der Waals surface area contributed by atoms with E-state index >= 15 is 0 Å². The van der Waals surface area contributed by atoms with Crippen LogP contribution in [0.15, 0.2) is 33.6 Å². The number of nitrogens with two attached hydrogens (primary N) is 1. The van der Waals surface area contributed by atoms with Crippen LogP contribution in [0.25, 0.3) is 0 Å². The highest BCUT2D eigenvalue weighted by atomic mass is 32.2. The van der Waals surface area contributed by atoms with Crippen molar-refractivity contribution in [3.05, 3.63) is 24.3 Å². The highest BCUT2D eigenvalue weighted by molar-refractivity contribution is 7.90. The maximum absolute atomic E-state index is 11.8. The minimum Gasteiger partial charge on any atom is -0.393 e. The van der Waals surface area contributed by atoms with Gasteiger partial charge < -0.3 is 10.6 Å². The van der Waals surface area contributed by atoms with Gasteiger partial charge >= 0.3 is 0 Å². The molecule has 0 bridgehead atoms. The summed E-state index contributed by atoms with van der Waals surface area (Å²) in [6, 6.07) is 6.74. The molecule has 0 amide bonds. The van der Waals surface area contributed by atoms with E-state index in [9.17, 15) is 8.42 Å². The van der Waals surface area contributed by atoms with Crippen LogP contribution in [-0.2, 0) is 10.0 Å². The van der Waals surface area contributed by atoms with Gasteiger partial charge in [-0.3, -0.25) is 0 Å². The number of nitrogens with zero attached hydrogens (tertiary/aromatic N) is 2. The highest BCUT2D eigenvalue weighted by Crippen LogP contribution is 2.29. The first-order valence-electron chi connectivity index (χ1n) is 5.37. The van der Waals surface area contributed by atoms with E-state index in [1.165, 1.54) is 6.34 Å². The predicted molar refractivity (Wildman–Crippen MR) is 75.4 cm³/mol. The van der Waals surface area contributed by atoms with Crippen LogP contribution < -0.4 is 10.6 Å². The maximum Gasteiger partial charge on any atom is 0.285 e. The number of sulfonamides is 1. The molecule has 5 nitrogen and oxygen atoms in total. The zero-order valence-electron chi connectivity index (χ0n) is 9.78. The molecule has 7 heteroatoms. The Kier molecular flexibility index (Phi) is 3.36. The summed E-state index contributed by atoms with van der Waals surface area (Å²) in [5.41, 5.74) is 6.18. The third-order valence-corrected chi connectivity index (χ3v) is 4.41. The molecule has 1 aromatic rings. The topological polar surface area (TPSA) is 75.8 Å². The minimum atomic E-state index is -3.57. The van der Waals surface area contributed by atoms with Crippen molar-refractivity contribution in [3.63, 3.8) is 0 Å². The molecule has 1 unspecified atom stereocenters. The van der Waals surface area contributed by atoms with Crippen molar-refractivity contribution in [2.45, 2.75) is 11.8 Å². The summed E-state index contributed by atoms with van der Waals surface area (Å²) in [6.45, 7) is 2.40. The van der Waals surface area contributed by atoms with Gasteiger partial charge in [0.1, 0.15) is 11.2 Å². The van der Waals surface area contributed by atoms with Gasteiger partial charge in [0.2, 0.25) is 0 Å². The standard InChI is InChI=1S/C11H13N3O2S2/c1-8(11(12)17)6-14-7-13-18(15,16)10-5-3-2-4-9(10)14/h2-5,7-8H,6H2,1H3,(H2,12,17). The van der Waals surface area contributed by atoms with Crippen molar-refractivity contribution < 1.29 is 8.42 Å². The van der Waals surface area contributed by atoms with Crippen LogP contribution in [0.1, 0.15) is 6.92 Å². The van der Waals surface area contributed by atoms with Gasteiger partial charge in [-0.1, -0.05) is 31.3 Å². The molecule has 0 radical (unpaired) electrons. The fourth-order valence-corrected chi connectivity index (χ4v) is 2.81. The van der Waals surface area contributed by atoms with Crippen molar-refractivity contribution in [1.29, 1.82) is 0 Å². The van der Waals surface area contributed by atoms with Crippen molar-refractivity contribution in [3.8, 4) is 0 Å². The molecular formula is C11H13N3O2S2. The van der Waals surface area contributed by atoms with Crippen LogP contribution >= 0.6 is 12.2 Å². The van der Waals surface area contributed by atoms with Gasteiger partial charge in [-0.05, 0) is 12.1 Å². The number of hydrogen-bond acceptors (Lipinski definition) is 4. The number of rotatable bonds is 3. The molecule has 1 aliphatic rings. The Morgan fingerprint density at radius 2 is 2.17 bits per heavy atom. The van der Waals surface area contributed by atoms with Gasteiger partial charge in [-0.2, -0.15) is 8.42 Å². The molecule has 0 aliphatic carbocycles. The summed E-state index contributed by atoms with van der Waals surface area (Å²) in [5.74, 6) is -0.0275. The molecule has 1 aliphatic heterocycles. The van der Waals surface area contributed by atoms with Crippen LogP contribution in [0, 0.1) is 5.92 Å². The Bertz CT molecular complexity index is 610. The van der Waals surface area contributed by atoms with E-state index in [-0.39, 0.29) is 10.8 Å².